The summed E-state index contributed by atoms with van der Waals surface area (Å²) in [4.78, 5) is 36.1. The van der Waals surface area contributed by atoms with Crippen LogP contribution in [0, 0.1) is 5.41 Å². The van der Waals surface area contributed by atoms with Crippen molar-refractivity contribution in [3.05, 3.63) is 46.7 Å². The number of hydrogen-bond donors (Lipinski definition) is 2. The van der Waals surface area contributed by atoms with E-state index in [0.717, 1.165) is 0 Å². The number of ether oxygens (including phenoxy) is 1. The highest BCUT2D eigenvalue weighted by Gasteiger charge is 2.20. The molecule has 1 aromatic heterocycles. The summed E-state index contributed by atoms with van der Waals surface area (Å²) < 4.78 is 5.21. The van der Waals surface area contributed by atoms with Crippen LogP contribution in [0.5, 0.6) is 5.75 Å². The van der Waals surface area contributed by atoms with Gasteiger partial charge in [0.15, 0.2) is 0 Å². The fourth-order valence-electron chi connectivity index (χ4n) is 1.93. The van der Waals surface area contributed by atoms with Crippen molar-refractivity contribution in [3.63, 3.8) is 0 Å². The van der Waals surface area contributed by atoms with E-state index in [4.69, 9.17) is 4.74 Å². The van der Waals surface area contributed by atoms with Gasteiger partial charge < -0.3 is 15.4 Å². The maximum Gasteiger partial charge on any atom is 0.312 e. The van der Waals surface area contributed by atoms with Crippen LogP contribution in [0.25, 0.3) is 0 Å². The normalized spacial score (nSPS) is 10.9. The number of benzene rings is 1. The summed E-state index contributed by atoms with van der Waals surface area (Å²) in [6.45, 7) is 5.64. The molecule has 2 aromatic rings. The molecule has 138 valence electrons. The molecular weight excluding hydrogens is 352 g/mol. The molecule has 2 amide bonds. The van der Waals surface area contributed by atoms with Crippen LogP contribution in [0.3, 0.4) is 0 Å². The van der Waals surface area contributed by atoms with Crippen molar-refractivity contribution in [1.82, 2.24) is 5.32 Å². The van der Waals surface area contributed by atoms with Gasteiger partial charge in [0.25, 0.3) is 5.91 Å². The van der Waals surface area contributed by atoms with Crippen molar-refractivity contribution in [2.45, 2.75) is 27.2 Å². The molecule has 0 saturated carbocycles. The van der Waals surface area contributed by atoms with Crippen LogP contribution in [0.4, 0.5) is 5.69 Å². The number of carbonyl (C=O) groups is 3. The van der Waals surface area contributed by atoms with E-state index in [9.17, 15) is 14.4 Å². The Labute approximate surface area is 156 Å². The topological polar surface area (TPSA) is 84.5 Å². The van der Waals surface area contributed by atoms with Crippen molar-refractivity contribution in [1.29, 1.82) is 0 Å². The van der Waals surface area contributed by atoms with E-state index in [2.05, 4.69) is 10.6 Å². The summed E-state index contributed by atoms with van der Waals surface area (Å²) in [6, 6.07) is 10.1. The quantitative estimate of drug-likeness (QED) is 0.599. The number of hydrogen-bond acceptors (Lipinski definition) is 5. The molecule has 0 spiro atoms. The highest BCUT2D eigenvalue weighted by atomic mass is 32.1. The number of esters is 1. The van der Waals surface area contributed by atoms with E-state index in [-0.39, 0.29) is 24.8 Å². The van der Waals surface area contributed by atoms with E-state index in [1.807, 2.05) is 11.4 Å². The first-order valence-corrected chi connectivity index (χ1v) is 9.07. The number of thiophene rings is 1. The lowest BCUT2D eigenvalue weighted by atomic mass is 9.96. The average Bonchev–Trinajstić information content (AvgIpc) is 3.10. The second kappa shape index (κ2) is 8.62. The third kappa shape index (κ3) is 6.00. The van der Waals surface area contributed by atoms with E-state index < -0.39 is 11.4 Å². The lowest BCUT2D eigenvalue weighted by Gasteiger charge is -2.17. The van der Waals surface area contributed by atoms with Crippen molar-refractivity contribution in [2.24, 2.45) is 5.41 Å². The number of amides is 2. The lowest BCUT2D eigenvalue weighted by molar-refractivity contribution is -0.134. The first kappa shape index (κ1) is 19.7. The Balaban J connectivity index is 1.78. The number of carbonyl (C=O) groups excluding carboxylic acids is 3. The van der Waals surface area contributed by atoms with Gasteiger partial charge in [0.2, 0.25) is 5.91 Å². The van der Waals surface area contributed by atoms with E-state index in [1.54, 1.807) is 51.1 Å². The molecule has 0 aliphatic carbocycles. The Morgan fingerprint density at radius 1 is 1.08 bits per heavy atom. The largest absolute Gasteiger partial charge is 0.426 e. The second-order valence-corrected chi connectivity index (χ2v) is 7.63. The Kier molecular flexibility index (Phi) is 6.52. The molecule has 1 aromatic carbocycles. The van der Waals surface area contributed by atoms with Crippen LogP contribution >= 0.6 is 11.3 Å². The van der Waals surface area contributed by atoms with Gasteiger partial charge in [-0.25, -0.2) is 0 Å². The Morgan fingerprint density at radius 3 is 2.35 bits per heavy atom. The molecule has 0 atom stereocenters. The molecule has 6 nitrogen and oxygen atoms in total. The second-order valence-electron chi connectivity index (χ2n) is 6.69. The van der Waals surface area contributed by atoms with Crippen LogP contribution in [0.1, 0.15) is 36.9 Å². The van der Waals surface area contributed by atoms with Crippen LogP contribution in [-0.2, 0) is 9.59 Å². The molecule has 0 fully saturated rings. The van der Waals surface area contributed by atoms with Gasteiger partial charge in [0, 0.05) is 17.6 Å². The minimum atomic E-state index is -0.493. The molecule has 7 heteroatoms. The number of anilines is 1. The summed E-state index contributed by atoms with van der Waals surface area (Å²) in [6.07, 6.45) is 0.0820. The summed E-state index contributed by atoms with van der Waals surface area (Å²) in [5.41, 5.74) is 0.119. The fraction of sp³-hybridized carbons (Fsp3) is 0.316. The fourth-order valence-corrected chi connectivity index (χ4v) is 2.55. The van der Waals surface area contributed by atoms with E-state index in [1.165, 1.54) is 11.3 Å². The molecule has 1 heterocycles. The van der Waals surface area contributed by atoms with Gasteiger partial charge in [-0.3, -0.25) is 14.4 Å². The zero-order valence-corrected chi connectivity index (χ0v) is 15.8. The lowest BCUT2D eigenvalue weighted by Crippen LogP contribution is -2.36. The molecule has 0 unspecified atom stereocenters. The van der Waals surface area contributed by atoms with Crippen LogP contribution in [-0.4, -0.2) is 24.3 Å². The molecule has 0 aliphatic heterocycles. The molecule has 0 radical (unpaired) electrons. The van der Waals surface area contributed by atoms with Gasteiger partial charge in [-0.05, 0) is 35.7 Å². The zero-order chi connectivity index (χ0) is 19.2. The van der Waals surface area contributed by atoms with Crippen molar-refractivity contribution >= 4 is 34.8 Å². The molecule has 26 heavy (non-hydrogen) atoms. The Hall–Kier alpha value is -2.67. The monoisotopic (exact) mass is 374 g/mol. The molecule has 2 rings (SSSR count). The third-order valence-corrected chi connectivity index (χ3v) is 4.25. The third-order valence-electron chi connectivity index (χ3n) is 3.38. The smallest absolute Gasteiger partial charge is 0.312 e. The summed E-state index contributed by atoms with van der Waals surface area (Å²) in [5, 5.41) is 7.30. The molecule has 0 bridgehead atoms. The van der Waals surface area contributed by atoms with Crippen LogP contribution in [0.2, 0.25) is 0 Å². The van der Waals surface area contributed by atoms with Gasteiger partial charge in [-0.2, -0.15) is 0 Å². The van der Waals surface area contributed by atoms with Crippen molar-refractivity contribution in [2.75, 3.05) is 11.9 Å². The minimum Gasteiger partial charge on any atom is -0.426 e. The van der Waals surface area contributed by atoms with E-state index in [0.29, 0.717) is 16.3 Å². The maximum absolute atomic E-state index is 12.0. The van der Waals surface area contributed by atoms with Gasteiger partial charge in [0.1, 0.15) is 5.75 Å². The summed E-state index contributed by atoms with van der Waals surface area (Å²) in [7, 11) is 0. The Morgan fingerprint density at radius 2 is 1.77 bits per heavy atom. The van der Waals surface area contributed by atoms with Crippen molar-refractivity contribution < 1.29 is 19.1 Å². The van der Waals surface area contributed by atoms with Gasteiger partial charge in [0.05, 0.1) is 11.3 Å². The average molecular weight is 374 g/mol. The van der Waals surface area contributed by atoms with Gasteiger partial charge in [-0.1, -0.05) is 26.8 Å². The molecule has 0 saturated heterocycles. The highest BCUT2D eigenvalue weighted by molar-refractivity contribution is 7.12. The number of rotatable bonds is 6. The zero-order valence-electron chi connectivity index (χ0n) is 15.0. The summed E-state index contributed by atoms with van der Waals surface area (Å²) in [5.74, 6) is -0.351. The summed E-state index contributed by atoms with van der Waals surface area (Å²) >= 11 is 1.36. The van der Waals surface area contributed by atoms with Gasteiger partial charge >= 0.3 is 5.97 Å². The predicted molar refractivity (Wildman–Crippen MR) is 101 cm³/mol. The van der Waals surface area contributed by atoms with Crippen molar-refractivity contribution in [3.8, 4) is 5.75 Å². The highest BCUT2D eigenvalue weighted by Crippen LogP contribution is 2.18. The van der Waals surface area contributed by atoms with Crippen LogP contribution in [0.15, 0.2) is 41.8 Å². The first-order valence-electron chi connectivity index (χ1n) is 8.19. The number of nitrogens with one attached hydrogen (secondary N) is 2. The maximum atomic E-state index is 12.0. The molecule has 0 aliphatic rings. The SMILES string of the molecule is CC(C)(C)C(=O)NCCC(=O)Oc1ccc(NC(=O)c2cccs2)cc1. The first-order chi connectivity index (χ1) is 12.3. The standard InChI is InChI=1S/C19H22N2O4S/c1-19(2,3)18(24)20-11-10-16(22)25-14-8-6-13(7-9-14)21-17(23)15-5-4-12-26-15/h4-9,12H,10-11H2,1-3H3,(H,20,24)(H,21,23). The molecule has 2 N–H and O–H groups in total. The minimum absolute atomic E-state index is 0.0820. The van der Waals surface area contributed by atoms with Gasteiger partial charge in [-0.15, -0.1) is 11.3 Å². The predicted octanol–water partition coefficient (Wildman–Crippen LogP) is 3.46. The van der Waals surface area contributed by atoms with E-state index >= 15 is 0 Å². The Bertz CT molecular complexity index is 762. The molecular formula is C19H22N2O4S. The van der Waals surface area contributed by atoms with Crippen LogP contribution < -0.4 is 15.4 Å².